The summed E-state index contributed by atoms with van der Waals surface area (Å²) in [7, 11) is 0. The average Bonchev–Trinajstić information content (AvgIpc) is 3.28. The fourth-order valence-electron chi connectivity index (χ4n) is 3.40. The van der Waals surface area contributed by atoms with Gasteiger partial charge in [-0.15, -0.1) is 23.1 Å². The highest BCUT2D eigenvalue weighted by atomic mass is 32.2. The Bertz CT molecular complexity index is 1270. The van der Waals surface area contributed by atoms with Crippen molar-refractivity contribution >= 4 is 51.3 Å². The van der Waals surface area contributed by atoms with Crippen LogP contribution in [0.5, 0.6) is 0 Å². The van der Waals surface area contributed by atoms with E-state index in [0.717, 1.165) is 26.6 Å². The molecule has 0 N–H and O–H groups in total. The molecule has 0 fully saturated rings. The molecule has 4 rings (SSSR count). The highest BCUT2D eigenvalue weighted by Crippen LogP contribution is 2.44. The number of hydrogen-bond acceptors (Lipinski definition) is 5. The van der Waals surface area contributed by atoms with Crippen molar-refractivity contribution < 1.29 is 14.3 Å². The Morgan fingerprint density at radius 3 is 2.57 bits per heavy atom. The molecule has 3 heterocycles. The van der Waals surface area contributed by atoms with E-state index in [1.165, 1.54) is 11.3 Å². The summed E-state index contributed by atoms with van der Waals surface area (Å²) in [4.78, 5) is 27.0. The number of nitrogens with zero attached hydrogens (tertiary/aromatic N) is 1. The van der Waals surface area contributed by atoms with Gasteiger partial charge in [-0.1, -0.05) is 48.6 Å². The third-order valence-electron chi connectivity index (χ3n) is 4.63. The first kappa shape index (κ1) is 20.4. The number of pyridine rings is 1. The van der Waals surface area contributed by atoms with E-state index < -0.39 is 5.97 Å². The summed E-state index contributed by atoms with van der Waals surface area (Å²) in [6.07, 6.45) is 1.93. The number of thioether (sulfide) groups is 1. The molecule has 0 radical (unpaired) electrons. The smallest absolute Gasteiger partial charge is 0.341 e. The lowest BCUT2D eigenvalue weighted by Gasteiger charge is -2.04. The van der Waals surface area contributed by atoms with Crippen LogP contribution in [0.2, 0.25) is 0 Å². The molecular weight excluding hydrogens is 414 g/mol. The third-order valence-corrected chi connectivity index (χ3v) is 7.30. The second-order valence-corrected chi connectivity index (χ2v) is 9.20. The number of benzene rings is 1. The van der Waals surface area contributed by atoms with Gasteiger partial charge < -0.3 is 9.14 Å². The van der Waals surface area contributed by atoms with Crippen LogP contribution in [0.4, 0.5) is 0 Å². The first-order chi connectivity index (χ1) is 14.5. The van der Waals surface area contributed by atoms with E-state index in [0.29, 0.717) is 21.4 Å². The second-order valence-electron chi connectivity index (χ2n) is 6.93. The van der Waals surface area contributed by atoms with Gasteiger partial charge in [-0.3, -0.25) is 4.79 Å². The molecule has 30 heavy (non-hydrogen) atoms. The lowest BCUT2D eigenvalue weighted by atomic mass is 10.1. The highest BCUT2D eigenvalue weighted by molar-refractivity contribution is 8.01. The largest absolute Gasteiger partial charge is 0.462 e. The van der Waals surface area contributed by atoms with Crippen molar-refractivity contribution in [3.05, 3.63) is 82.9 Å². The summed E-state index contributed by atoms with van der Waals surface area (Å²) in [5, 5.41) is 0.669. The second kappa shape index (κ2) is 8.50. The number of ether oxygens (including phenoxy) is 1. The number of fused-ring (bicyclic) bond motifs is 3. The average molecular weight is 436 g/mol. The molecule has 0 aliphatic heterocycles. The Kier molecular flexibility index (Phi) is 5.79. The molecule has 0 unspecified atom stereocenters. The van der Waals surface area contributed by atoms with Crippen LogP contribution in [0.1, 0.15) is 39.4 Å². The van der Waals surface area contributed by atoms with Gasteiger partial charge in [-0.25, -0.2) is 4.79 Å². The summed E-state index contributed by atoms with van der Waals surface area (Å²) in [6.45, 7) is 8.03. The van der Waals surface area contributed by atoms with E-state index in [9.17, 15) is 9.59 Å². The number of rotatable bonds is 7. The minimum atomic E-state index is -0.410. The summed E-state index contributed by atoms with van der Waals surface area (Å²) in [5.41, 5.74) is 3.72. The van der Waals surface area contributed by atoms with Crippen LogP contribution in [0.15, 0.2) is 71.1 Å². The van der Waals surface area contributed by atoms with Gasteiger partial charge in [-0.05, 0) is 26.0 Å². The van der Waals surface area contributed by atoms with E-state index in [2.05, 4.69) is 6.58 Å². The van der Waals surface area contributed by atoms with E-state index in [1.54, 1.807) is 30.8 Å². The Morgan fingerprint density at radius 1 is 1.13 bits per heavy atom. The first-order valence-electron chi connectivity index (χ1n) is 9.62. The Hall–Kier alpha value is -2.83. The molecule has 4 aromatic rings. The number of carbonyl (C=O) groups is 2. The number of thiophene rings is 1. The van der Waals surface area contributed by atoms with E-state index >= 15 is 0 Å². The molecule has 1 aromatic carbocycles. The number of aromatic nitrogens is 1. The fraction of sp³-hybridized carbons (Fsp3) is 0.167. The minimum Gasteiger partial charge on any atom is -0.462 e. The Balaban J connectivity index is 2.04. The van der Waals surface area contributed by atoms with E-state index in [4.69, 9.17) is 4.74 Å². The molecule has 6 heteroatoms. The van der Waals surface area contributed by atoms with Gasteiger partial charge in [0.25, 0.3) is 0 Å². The molecule has 152 valence electrons. The minimum absolute atomic E-state index is 0.0887. The predicted octanol–water partition coefficient (Wildman–Crippen LogP) is 6.23. The normalized spacial score (nSPS) is 11.1. The maximum absolute atomic E-state index is 13.4. The van der Waals surface area contributed by atoms with Crippen LogP contribution >= 0.6 is 23.1 Å². The van der Waals surface area contributed by atoms with Gasteiger partial charge in [-0.2, -0.15) is 0 Å². The number of carbonyl (C=O) groups excluding carboxylic acids is 2. The van der Waals surface area contributed by atoms with Gasteiger partial charge in [0, 0.05) is 22.9 Å². The van der Waals surface area contributed by atoms with Gasteiger partial charge >= 0.3 is 5.97 Å². The number of esters is 1. The lowest BCUT2D eigenvalue weighted by molar-refractivity contribution is 0.0531. The maximum Gasteiger partial charge on any atom is 0.341 e. The molecule has 0 spiro atoms. The van der Waals surface area contributed by atoms with Crippen LogP contribution in [0.25, 0.3) is 16.4 Å². The monoisotopic (exact) mass is 435 g/mol. The fourth-order valence-corrected chi connectivity index (χ4v) is 5.77. The zero-order valence-corrected chi connectivity index (χ0v) is 18.4. The summed E-state index contributed by atoms with van der Waals surface area (Å²) < 4.78 is 8.35. The van der Waals surface area contributed by atoms with Gasteiger partial charge in [0.2, 0.25) is 5.78 Å². The summed E-state index contributed by atoms with van der Waals surface area (Å²) in [6, 6.07) is 14.9. The summed E-state index contributed by atoms with van der Waals surface area (Å²) >= 11 is 3.07. The molecule has 3 aromatic heterocycles. The molecule has 0 bridgehead atoms. The summed E-state index contributed by atoms with van der Waals surface area (Å²) in [5.74, 6) is 0.241. The van der Waals surface area contributed by atoms with Crippen molar-refractivity contribution in [3.8, 4) is 0 Å². The predicted molar refractivity (Wildman–Crippen MR) is 124 cm³/mol. The van der Waals surface area contributed by atoms with Crippen LogP contribution in [0, 0.1) is 0 Å². The molecule has 4 nitrogen and oxygen atoms in total. The van der Waals surface area contributed by atoms with E-state index in [-0.39, 0.29) is 12.4 Å². The molecule has 0 saturated carbocycles. The van der Waals surface area contributed by atoms with Crippen LogP contribution in [-0.2, 0) is 4.74 Å². The molecule has 0 saturated heterocycles. The highest BCUT2D eigenvalue weighted by Gasteiger charge is 2.29. The van der Waals surface area contributed by atoms with Crippen molar-refractivity contribution in [1.29, 1.82) is 0 Å². The molecule has 0 aliphatic carbocycles. The lowest BCUT2D eigenvalue weighted by Crippen LogP contribution is -2.06. The maximum atomic E-state index is 13.4. The zero-order valence-electron chi connectivity index (χ0n) is 16.8. The van der Waals surface area contributed by atoms with Gasteiger partial charge in [0.15, 0.2) is 0 Å². The Morgan fingerprint density at radius 2 is 1.87 bits per heavy atom. The van der Waals surface area contributed by atoms with Crippen molar-refractivity contribution in [2.75, 3.05) is 12.4 Å². The third kappa shape index (κ3) is 3.57. The van der Waals surface area contributed by atoms with Crippen molar-refractivity contribution in [2.45, 2.75) is 18.1 Å². The molecular formula is C24H21NO3S2. The van der Waals surface area contributed by atoms with Crippen LogP contribution in [0.3, 0.4) is 0 Å². The van der Waals surface area contributed by atoms with Crippen molar-refractivity contribution in [3.63, 3.8) is 0 Å². The van der Waals surface area contributed by atoms with Crippen LogP contribution < -0.4 is 0 Å². The first-order valence-corrected chi connectivity index (χ1v) is 11.4. The van der Waals surface area contributed by atoms with Gasteiger partial charge in [0.1, 0.15) is 0 Å². The quantitative estimate of drug-likeness (QED) is 0.149. The SMILES string of the molecule is C=C(C)CSc1sc(C(=O)c2ccccc2)c2c(C(=O)OCC)c3ccccn3c12. The van der Waals surface area contributed by atoms with Gasteiger partial charge in [0.05, 0.1) is 32.3 Å². The topological polar surface area (TPSA) is 47.8 Å². The zero-order chi connectivity index (χ0) is 21.3. The molecule has 0 atom stereocenters. The van der Waals surface area contributed by atoms with E-state index in [1.807, 2.05) is 53.9 Å². The van der Waals surface area contributed by atoms with Crippen LogP contribution in [-0.4, -0.2) is 28.5 Å². The van der Waals surface area contributed by atoms with Crippen molar-refractivity contribution in [1.82, 2.24) is 4.40 Å². The Labute approximate surface area is 183 Å². The number of hydrogen-bond donors (Lipinski definition) is 0. The number of ketones is 1. The molecule has 0 aliphatic rings. The molecule has 0 amide bonds. The van der Waals surface area contributed by atoms with Crippen molar-refractivity contribution in [2.24, 2.45) is 0 Å². The standard InChI is InChI=1S/C24H21NO3S2/c1-4-28-23(27)18-17-12-8-9-13-25(17)20-19(18)22(30-24(20)29-14-15(2)3)21(26)16-10-6-5-7-11-16/h5-13H,2,4,14H2,1,3H3.